The highest BCUT2D eigenvalue weighted by Gasteiger charge is 2.15. The second-order valence-electron chi connectivity index (χ2n) is 7.36. The van der Waals surface area contributed by atoms with Gasteiger partial charge in [-0.2, -0.15) is 0 Å². The number of ether oxygens (including phenoxy) is 4. The van der Waals surface area contributed by atoms with E-state index >= 15 is 0 Å². The molecule has 0 aliphatic heterocycles. The molecule has 8 heteroatoms. The predicted octanol–water partition coefficient (Wildman–Crippen LogP) is 2.45. The molecule has 0 radical (unpaired) electrons. The summed E-state index contributed by atoms with van der Waals surface area (Å²) in [6.07, 6.45) is 0.499. The van der Waals surface area contributed by atoms with Gasteiger partial charge in [0.05, 0.1) is 40.6 Å². The van der Waals surface area contributed by atoms with Crippen molar-refractivity contribution in [2.45, 2.75) is 25.0 Å². The van der Waals surface area contributed by atoms with Gasteiger partial charge < -0.3 is 39.8 Å². The third-order valence-corrected chi connectivity index (χ3v) is 5.22. The minimum absolute atomic E-state index is 0.422. The molecule has 0 spiro atoms. The van der Waals surface area contributed by atoms with E-state index in [0.29, 0.717) is 47.2 Å². The van der Waals surface area contributed by atoms with Crippen molar-refractivity contribution in [3.63, 3.8) is 0 Å². The molecule has 0 bridgehead atoms. The quantitative estimate of drug-likeness (QED) is 0.308. The van der Waals surface area contributed by atoms with Gasteiger partial charge in [0.1, 0.15) is 23.0 Å². The maximum absolute atomic E-state index is 10.5. The Morgan fingerprint density at radius 1 is 0.656 bits per heavy atom. The van der Waals surface area contributed by atoms with Crippen molar-refractivity contribution in [1.82, 2.24) is 10.6 Å². The Morgan fingerprint density at radius 3 is 1.41 bits per heavy atom. The summed E-state index contributed by atoms with van der Waals surface area (Å²) in [5.41, 5.74) is 1.39. The molecule has 2 rings (SSSR count). The lowest BCUT2D eigenvalue weighted by Gasteiger charge is -2.17. The monoisotopic (exact) mass is 448 g/mol. The Kier molecular flexibility index (Phi) is 11.1. The summed E-state index contributed by atoms with van der Waals surface area (Å²) in [5, 5.41) is 27.5. The minimum Gasteiger partial charge on any atom is -0.497 e. The van der Waals surface area contributed by atoms with Crippen LogP contribution in [-0.4, -0.2) is 64.8 Å². The van der Waals surface area contributed by atoms with Crippen molar-refractivity contribution in [2.75, 3.05) is 54.6 Å². The molecule has 0 aliphatic rings. The Balaban J connectivity index is 1.66. The molecule has 178 valence electrons. The van der Waals surface area contributed by atoms with Crippen molar-refractivity contribution in [3.05, 3.63) is 47.5 Å². The van der Waals surface area contributed by atoms with Gasteiger partial charge >= 0.3 is 0 Å². The number of benzene rings is 2. The van der Waals surface area contributed by atoms with Crippen LogP contribution in [0, 0.1) is 0 Å². The SMILES string of the molecule is COc1ccc(OC)c(C(O)CNCCCCNCC(O)c2cc(OC)ccc2OC)c1. The number of nitrogens with one attached hydrogen (secondary N) is 2. The molecule has 32 heavy (non-hydrogen) atoms. The number of unbranched alkanes of at least 4 members (excludes halogenated alkanes) is 1. The number of methoxy groups -OCH3 is 4. The largest absolute Gasteiger partial charge is 0.497 e. The first-order chi connectivity index (χ1) is 15.5. The molecule has 0 heterocycles. The van der Waals surface area contributed by atoms with Crippen molar-refractivity contribution >= 4 is 0 Å². The summed E-state index contributed by atoms with van der Waals surface area (Å²) >= 11 is 0. The van der Waals surface area contributed by atoms with E-state index in [4.69, 9.17) is 18.9 Å². The van der Waals surface area contributed by atoms with Crippen molar-refractivity contribution in [2.24, 2.45) is 0 Å². The Morgan fingerprint density at radius 2 is 1.06 bits per heavy atom. The number of rotatable bonds is 15. The van der Waals surface area contributed by atoms with Crippen LogP contribution in [0.5, 0.6) is 23.0 Å². The van der Waals surface area contributed by atoms with Gasteiger partial charge in [-0.15, -0.1) is 0 Å². The molecule has 2 unspecified atom stereocenters. The van der Waals surface area contributed by atoms with Gasteiger partial charge in [0.25, 0.3) is 0 Å². The molecule has 2 atom stereocenters. The highest BCUT2D eigenvalue weighted by Crippen LogP contribution is 2.30. The van der Waals surface area contributed by atoms with Gasteiger partial charge in [-0.25, -0.2) is 0 Å². The van der Waals surface area contributed by atoms with E-state index in [1.54, 1.807) is 64.8 Å². The van der Waals surface area contributed by atoms with Crippen molar-refractivity contribution in [1.29, 1.82) is 0 Å². The fraction of sp³-hybridized carbons (Fsp3) is 0.500. The fourth-order valence-electron chi connectivity index (χ4n) is 3.40. The van der Waals surface area contributed by atoms with Crippen LogP contribution in [0.1, 0.15) is 36.2 Å². The molecular formula is C24H36N2O6. The molecule has 2 aromatic carbocycles. The topological polar surface area (TPSA) is 101 Å². The lowest BCUT2D eigenvalue weighted by atomic mass is 10.1. The minimum atomic E-state index is -0.689. The highest BCUT2D eigenvalue weighted by molar-refractivity contribution is 5.42. The summed E-state index contributed by atoms with van der Waals surface area (Å²) in [6.45, 7) is 2.39. The molecule has 0 fully saturated rings. The number of aliphatic hydroxyl groups excluding tert-OH is 2. The Labute approximate surface area is 190 Å². The van der Waals surface area contributed by atoms with E-state index in [1.165, 1.54) is 0 Å². The predicted molar refractivity (Wildman–Crippen MR) is 124 cm³/mol. The van der Waals surface area contributed by atoms with Crippen LogP contribution >= 0.6 is 0 Å². The van der Waals surface area contributed by atoms with Crippen LogP contribution in [0.4, 0.5) is 0 Å². The van der Waals surface area contributed by atoms with Crippen LogP contribution in [0.25, 0.3) is 0 Å². The van der Waals surface area contributed by atoms with E-state index in [1.807, 2.05) is 0 Å². The zero-order valence-electron chi connectivity index (χ0n) is 19.4. The van der Waals surface area contributed by atoms with Gasteiger partial charge in [-0.1, -0.05) is 0 Å². The molecule has 0 amide bonds. The van der Waals surface area contributed by atoms with Crippen LogP contribution in [0.3, 0.4) is 0 Å². The molecule has 0 aromatic heterocycles. The van der Waals surface area contributed by atoms with E-state index in [0.717, 1.165) is 25.9 Å². The van der Waals surface area contributed by atoms with Gasteiger partial charge in [-0.05, 0) is 62.3 Å². The van der Waals surface area contributed by atoms with Gasteiger partial charge in [0.15, 0.2) is 0 Å². The molecule has 0 saturated heterocycles. The molecule has 0 aliphatic carbocycles. The third kappa shape index (κ3) is 7.56. The zero-order chi connectivity index (χ0) is 23.3. The summed E-state index contributed by atoms with van der Waals surface area (Å²) in [7, 11) is 6.35. The molecule has 4 N–H and O–H groups in total. The summed E-state index contributed by atoms with van der Waals surface area (Å²) in [4.78, 5) is 0. The van der Waals surface area contributed by atoms with Crippen LogP contribution in [-0.2, 0) is 0 Å². The van der Waals surface area contributed by atoms with Crippen molar-refractivity contribution in [3.8, 4) is 23.0 Å². The molecular weight excluding hydrogens is 412 g/mol. The highest BCUT2D eigenvalue weighted by atomic mass is 16.5. The Bertz CT molecular complexity index is 750. The van der Waals surface area contributed by atoms with Crippen LogP contribution in [0.2, 0.25) is 0 Å². The normalized spacial score (nSPS) is 12.8. The molecule has 0 saturated carbocycles. The average molecular weight is 449 g/mol. The van der Waals surface area contributed by atoms with E-state index in [2.05, 4.69) is 10.6 Å². The lowest BCUT2D eigenvalue weighted by Crippen LogP contribution is -2.25. The maximum atomic E-state index is 10.5. The zero-order valence-corrected chi connectivity index (χ0v) is 19.4. The lowest BCUT2D eigenvalue weighted by molar-refractivity contribution is 0.168. The summed E-state index contributed by atoms with van der Waals surface area (Å²) in [6, 6.07) is 10.8. The first-order valence-corrected chi connectivity index (χ1v) is 10.8. The molecule has 8 nitrogen and oxygen atoms in total. The van der Waals surface area contributed by atoms with E-state index in [-0.39, 0.29) is 0 Å². The van der Waals surface area contributed by atoms with Crippen LogP contribution in [0.15, 0.2) is 36.4 Å². The van der Waals surface area contributed by atoms with E-state index in [9.17, 15) is 10.2 Å². The maximum Gasteiger partial charge on any atom is 0.124 e. The van der Waals surface area contributed by atoms with Crippen molar-refractivity contribution < 1.29 is 29.2 Å². The van der Waals surface area contributed by atoms with Gasteiger partial charge in [-0.3, -0.25) is 0 Å². The third-order valence-electron chi connectivity index (χ3n) is 5.22. The van der Waals surface area contributed by atoms with Crippen LogP contribution < -0.4 is 29.6 Å². The smallest absolute Gasteiger partial charge is 0.124 e. The second kappa shape index (κ2) is 13.8. The average Bonchev–Trinajstić information content (AvgIpc) is 2.84. The summed E-state index contributed by atoms with van der Waals surface area (Å²) in [5.74, 6) is 2.63. The number of hydrogen-bond acceptors (Lipinski definition) is 8. The number of aliphatic hydroxyl groups is 2. The van der Waals surface area contributed by atoms with E-state index < -0.39 is 12.2 Å². The first-order valence-electron chi connectivity index (χ1n) is 10.8. The van der Waals surface area contributed by atoms with Gasteiger partial charge in [0, 0.05) is 24.2 Å². The second-order valence-corrected chi connectivity index (χ2v) is 7.36. The first kappa shape index (κ1) is 25.7. The van der Waals surface area contributed by atoms with Gasteiger partial charge in [0.2, 0.25) is 0 Å². The standard InChI is InChI=1S/C24H36N2O6/c1-29-17-7-9-23(31-3)19(13-17)21(27)15-25-11-5-6-12-26-16-22(28)20-14-18(30-2)8-10-24(20)32-4/h7-10,13-14,21-22,25-28H,5-6,11-12,15-16H2,1-4H3. The summed E-state index contributed by atoms with van der Waals surface area (Å²) < 4.78 is 21.1. The number of hydrogen-bond donors (Lipinski definition) is 4. The Hall–Kier alpha value is -2.52. The molecule has 2 aromatic rings. The fourth-order valence-corrected chi connectivity index (χ4v) is 3.40.